The van der Waals surface area contributed by atoms with Crippen LogP contribution in [-0.2, 0) is 6.18 Å². The van der Waals surface area contributed by atoms with Crippen molar-refractivity contribution in [2.24, 2.45) is 0 Å². The quantitative estimate of drug-likeness (QED) is 0.840. The van der Waals surface area contributed by atoms with E-state index in [-0.39, 0.29) is 11.3 Å². The molecule has 0 fully saturated rings. The van der Waals surface area contributed by atoms with Crippen molar-refractivity contribution >= 4 is 5.91 Å². The maximum Gasteiger partial charge on any atom is 0.416 e. The van der Waals surface area contributed by atoms with Gasteiger partial charge in [-0.25, -0.2) is 4.39 Å². The molecule has 7 heteroatoms. The smallest absolute Gasteiger partial charge is 0.416 e. The Morgan fingerprint density at radius 2 is 1.88 bits per heavy atom. The Kier molecular flexibility index (Phi) is 5.11. The molecule has 0 spiro atoms. The number of carbonyl (C=O) groups is 1. The Balaban J connectivity index is 2.16. The van der Waals surface area contributed by atoms with Crippen LogP contribution in [0.4, 0.5) is 17.6 Å². The molecule has 2 rings (SSSR count). The van der Waals surface area contributed by atoms with E-state index in [1.807, 2.05) is 0 Å². The summed E-state index contributed by atoms with van der Waals surface area (Å²) in [6.45, 7) is 1.60. The molecule has 1 amide bonds. The van der Waals surface area contributed by atoms with Gasteiger partial charge in [0, 0.05) is 5.56 Å². The van der Waals surface area contributed by atoms with Crippen molar-refractivity contribution in [3.63, 3.8) is 0 Å². The van der Waals surface area contributed by atoms with Gasteiger partial charge in [-0.1, -0.05) is 12.1 Å². The summed E-state index contributed by atoms with van der Waals surface area (Å²) in [6.07, 6.45) is -4.53. The van der Waals surface area contributed by atoms with E-state index in [2.05, 4.69) is 5.32 Å². The molecule has 2 aromatic carbocycles. The lowest BCUT2D eigenvalue weighted by Gasteiger charge is -2.16. The van der Waals surface area contributed by atoms with Crippen LogP contribution in [0.25, 0.3) is 0 Å². The largest absolute Gasteiger partial charge is 0.494 e. The number of rotatable bonds is 4. The second kappa shape index (κ2) is 6.90. The molecule has 128 valence electrons. The van der Waals surface area contributed by atoms with Crippen molar-refractivity contribution in [3.8, 4) is 5.75 Å². The number of ether oxygens (including phenoxy) is 1. The molecular weight excluding hydrogens is 326 g/mol. The molecule has 0 unspecified atom stereocenters. The Hall–Kier alpha value is -2.57. The molecule has 0 aliphatic heterocycles. The van der Waals surface area contributed by atoms with E-state index in [1.54, 1.807) is 13.0 Å². The molecular formula is C17H15F4NO2. The van der Waals surface area contributed by atoms with Gasteiger partial charge < -0.3 is 10.1 Å². The van der Waals surface area contributed by atoms with Crippen LogP contribution in [0.3, 0.4) is 0 Å². The minimum atomic E-state index is -4.53. The van der Waals surface area contributed by atoms with Crippen molar-refractivity contribution < 1.29 is 27.1 Å². The van der Waals surface area contributed by atoms with E-state index in [4.69, 9.17) is 4.74 Å². The van der Waals surface area contributed by atoms with Crippen LogP contribution in [0.1, 0.15) is 34.5 Å². The summed E-state index contributed by atoms with van der Waals surface area (Å²) >= 11 is 0. The third-order valence-corrected chi connectivity index (χ3v) is 3.48. The van der Waals surface area contributed by atoms with E-state index in [0.29, 0.717) is 5.56 Å². The Bertz CT molecular complexity index is 744. The van der Waals surface area contributed by atoms with Gasteiger partial charge in [0.15, 0.2) is 11.6 Å². The van der Waals surface area contributed by atoms with Gasteiger partial charge in [0.2, 0.25) is 0 Å². The van der Waals surface area contributed by atoms with Gasteiger partial charge in [-0.3, -0.25) is 4.79 Å². The number of carbonyl (C=O) groups excluding carboxylic acids is 1. The summed E-state index contributed by atoms with van der Waals surface area (Å²) in [6, 6.07) is 7.70. The highest BCUT2D eigenvalue weighted by atomic mass is 19.4. The SMILES string of the molecule is COc1ccc([C@H](C)NC(=O)c2cccc(C(F)(F)F)c2)cc1F. The van der Waals surface area contributed by atoms with Crippen LogP contribution in [0.5, 0.6) is 5.75 Å². The molecule has 1 N–H and O–H groups in total. The number of nitrogens with one attached hydrogen (secondary N) is 1. The summed E-state index contributed by atoms with van der Waals surface area (Å²) in [5, 5.41) is 2.54. The average Bonchev–Trinajstić information content (AvgIpc) is 2.54. The van der Waals surface area contributed by atoms with Crippen LogP contribution in [0.15, 0.2) is 42.5 Å². The summed E-state index contributed by atoms with van der Waals surface area (Å²) < 4.78 is 56.6. The van der Waals surface area contributed by atoms with Crippen molar-refractivity contribution in [1.82, 2.24) is 5.32 Å². The summed E-state index contributed by atoms with van der Waals surface area (Å²) in [5.74, 6) is -1.20. The zero-order valence-corrected chi connectivity index (χ0v) is 12.9. The first-order valence-corrected chi connectivity index (χ1v) is 7.04. The molecule has 2 aromatic rings. The van der Waals surface area contributed by atoms with Gasteiger partial charge in [-0.15, -0.1) is 0 Å². The fourth-order valence-corrected chi connectivity index (χ4v) is 2.15. The number of halogens is 4. The Morgan fingerprint density at radius 1 is 1.17 bits per heavy atom. The Labute approximate surface area is 136 Å². The third-order valence-electron chi connectivity index (χ3n) is 3.48. The van der Waals surface area contributed by atoms with E-state index in [1.165, 1.54) is 25.3 Å². The fraction of sp³-hybridized carbons (Fsp3) is 0.235. The molecule has 0 radical (unpaired) electrons. The molecule has 1 atom stereocenters. The van der Waals surface area contributed by atoms with Gasteiger partial charge in [-0.2, -0.15) is 13.2 Å². The second-order valence-corrected chi connectivity index (χ2v) is 5.17. The maximum atomic E-state index is 13.7. The first-order valence-electron chi connectivity index (χ1n) is 7.04. The summed E-state index contributed by atoms with van der Waals surface area (Å²) in [5.41, 5.74) is -0.558. The second-order valence-electron chi connectivity index (χ2n) is 5.17. The van der Waals surface area contributed by atoms with Gasteiger partial charge >= 0.3 is 6.18 Å². The minimum absolute atomic E-state index is 0.0650. The van der Waals surface area contributed by atoms with E-state index in [9.17, 15) is 22.4 Å². The number of methoxy groups -OCH3 is 1. The molecule has 0 aliphatic carbocycles. The molecule has 0 aliphatic rings. The maximum absolute atomic E-state index is 13.7. The minimum Gasteiger partial charge on any atom is -0.494 e. The molecule has 0 saturated carbocycles. The van der Waals surface area contributed by atoms with Crippen LogP contribution >= 0.6 is 0 Å². The number of hydrogen-bond acceptors (Lipinski definition) is 2. The topological polar surface area (TPSA) is 38.3 Å². The summed E-state index contributed by atoms with van der Waals surface area (Å²) in [7, 11) is 1.33. The zero-order valence-electron chi connectivity index (χ0n) is 12.9. The van der Waals surface area contributed by atoms with E-state index < -0.39 is 29.5 Å². The van der Waals surface area contributed by atoms with E-state index in [0.717, 1.165) is 18.2 Å². The Morgan fingerprint density at radius 3 is 2.46 bits per heavy atom. The normalized spacial score (nSPS) is 12.6. The van der Waals surface area contributed by atoms with E-state index >= 15 is 0 Å². The molecule has 3 nitrogen and oxygen atoms in total. The van der Waals surface area contributed by atoms with Gasteiger partial charge in [0.1, 0.15) is 0 Å². The first kappa shape index (κ1) is 17.8. The fourth-order valence-electron chi connectivity index (χ4n) is 2.15. The van der Waals surface area contributed by atoms with Crippen molar-refractivity contribution in [1.29, 1.82) is 0 Å². The molecule has 0 aromatic heterocycles. The molecule has 0 heterocycles. The standard InChI is InChI=1S/C17H15F4NO2/c1-10(11-6-7-15(24-2)14(18)9-11)22-16(23)12-4-3-5-13(8-12)17(19,20)21/h3-10H,1-2H3,(H,22,23)/t10-/m0/s1. The van der Waals surface area contributed by atoms with Crippen LogP contribution in [-0.4, -0.2) is 13.0 Å². The molecule has 0 saturated heterocycles. The summed E-state index contributed by atoms with van der Waals surface area (Å²) in [4.78, 5) is 12.1. The van der Waals surface area contributed by atoms with Gasteiger partial charge in [-0.05, 0) is 42.8 Å². The number of benzene rings is 2. The average molecular weight is 341 g/mol. The van der Waals surface area contributed by atoms with Crippen molar-refractivity contribution in [2.75, 3.05) is 7.11 Å². The van der Waals surface area contributed by atoms with Crippen LogP contribution in [0, 0.1) is 5.82 Å². The number of hydrogen-bond donors (Lipinski definition) is 1. The zero-order chi connectivity index (χ0) is 17.9. The predicted molar refractivity (Wildman–Crippen MR) is 80.3 cm³/mol. The molecule has 0 bridgehead atoms. The van der Waals surface area contributed by atoms with Crippen molar-refractivity contribution in [3.05, 3.63) is 65.0 Å². The van der Waals surface area contributed by atoms with Gasteiger partial charge in [0.25, 0.3) is 5.91 Å². The third kappa shape index (κ3) is 4.04. The molecule has 24 heavy (non-hydrogen) atoms. The monoisotopic (exact) mass is 341 g/mol. The van der Waals surface area contributed by atoms with Gasteiger partial charge in [0.05, 0.1) is 18.7 Å². The number of alkyl halides is 3. The van der Waals surface area contributed by atoms with Crippen LogP contribution < -0.4 is 10.1 Å². The first-order chi connectivity index (χ1) is 11.2. The lowest BCUT2D eigenvalue weighted by Crippen LogP contribution is -2.27. The lowest BCUT2D eigenvalue weighted by molar-refractivity contribution is -0.137. The van der Waals surface area contributed by atoms with Crippen LogP contribution in [0.2, 0.25) is 0 Å². The highest BCUT2D eigenvalue weighted by molar-refractivity contribution is 5.94. The predicted octanol–water partition coefficient (Wildman–Crippen LogP) is 4.34. The van der Waals surface area contributed by atoms with Crippen molar-refractivity contribution in [2.45, 2.75) is 19.1 Å². The number of amides is 1. The highest BCUT2D eigenvalue weighted by Gasteiger charge is 2.31. The lowest BCUT2D eigenvalue weighted by atomic mass is 10.1. The highest BCUT2D eigenvalue weighted by Crippen LogP contribution is 2.29.